The molecular formula is C4H6Br2NO2. The molecule has 5 heteroatoms. The Balaban J connectivity index is 3.43. The highest BCUT2D eigenvalue weighted by atomic mass is 79.9. The van der Waals surface area contributed by atoms with Gasteiger partial charge in [-0.15, -0.1) is 0 Å². The second kappa shape index (κ2) is 5.05. The van der Waals surface area contributed by atoms with Crippen molar-refractivity contribution in [2.75, 3.05) is 10.7 Å². The third-order valence-corrected chi connectivity index (χ3v) is 2.26. The van der Waals surface area contributed by atoms with Crippen molar-refractivity contribution in [1.82, 2.24) is 5.32 Å². The van der Waals surface area contributed by atoms with Gasteiger partial charge in [0.25, 0.3) is 0 Å². The molecule has 0 aromatic rings. The zero-order chi connectivity index (χ0) is 7.28. The molecule has 0 aromatic heterocycles. The van der Waals surface area contributed by atoms with Crippen LogP contribution < -0.4 is 5.32 Å². The van der Waals surface area contributed by atoms with Crippen molar-refractivity contribution >= 4 is 38.0 Å². The zero-order valence-corrected chi connectivity index (χ0v) is 7.74. The third-order valence-electron chi connectivity index (χ3n) is 0.694. The third kappa shape index (κ3) is 4.72. The van der Waals surface area contributed by atoms with Crippen LogP contribution in [-0.2, 0) is 5.11 Å². The summed E-state index contributed by atoms with van der Waals surface area (Å²) >= 11 is 6.24. The smallest absolute Gasteiger partial charge is 0.314 e. The summed E-state index contributed by atoms with van der Waals surface area (Å²) in [7, 11) is 0. The van der Waals surface area contributed by atoms with E-state index in [4.69, 9.17) is 0 Å². The summed E-state index contributed by atoms with van der Waals surface area (Å²) in [5.74, 6) is 0. The van der Waals surface area contributed by atoms with Crippen LogP contribution in [0.2, 0.25) is 0 Å². The Morgan fingerprint density at radius 1 is 1.44 bits per heavy atom. The van der Waals surface area contributed by atoms with Gasteiger partial charge in [-0.25, -0.2) is 9.90 Å². The maximum Gasteiger partial charge on any atom is 0.450 e. The molecule has 0 rings (SSSR count). The lowest BCUT2D eigenvalue weighted by molar-refractivity contribution is 0.166. The van der Waals surface area contributed by atoms with E-state index < -0.39 is 6.09 Å². The summed E-state index contributed by atoms with van der Waals surface area (Å²) in [5, 5.41) is 13.2. The van der Waals surface area contributed by atoms with Crippen molar-refractivity contribution in [3.63, 3.8) is 0 Å². The Morgan fingerprint density at radius 2 is 1.89 bits per heavy atom. The number of hydrogen-bond acceptors (Lipinski definition) is 1. The fraction of sp³-hybridized carbons (Fsp3) is 0.750. The summed E-state index contributed by atoms with van der Waals surface area (Å²) in [5.41, 5.74) is 0. The lowest BCUT2D eigenvalue weighted by Crippen LogP contribution is -2.35. The molecule has 0 aliphatic heterocycles. The van der Waals surface area contributed by atoms with Crippen molar-refractivity contribution < 1.29 is 9.90 Å². The van der Waals surface area contributed by atoms with Gasteiger partial charge in [0.05, 0.1) is 6.04 Å². The van der Waals surface area contributed by atoms with Gasteiger partial charge in [-0.3, -0.25) is 0 Å². The number of rotatable bonds is 3. The molecule has 3 nitrogen and oxygen atoms in total. The number of nitrogens with one attached hydrogen (secondary N) is 1. The molecule has 0 saturated heterocycles. The minimum Gasteiger partial charge on any atom is -0.314 e. The van der Waals surface area contributed by atoms with Gasteiger partial charge in [-0.05, 0) is 0 Å². The molecule has 0 atom stereocenters. The monoisotopic (exact) mass is 258 g/mol. The van der Waals surface area contributed by atoms with Gasteiger partial charge < -0.3 is 5.32 Å². The van der Waals surface area contributed by atoms with Gasteiger partial charge >= 0.3 is 6.09 Å². The highest BCUT2D eigenvalue weighted by molar-refractivity contribution is 9.09. The molecule has 1 amide bonds. The molecule has 53 valence electrons. The first-order valence-corrected chi connectivity index (χ1v) is 4.54. The molecule has 1 N–H and O–H groups in total. The van der Waals surface area contributed by atoms with Crippen LogP contribution >= 0.6 is 31.9 Å². The van der Waals surface area contributed by atoms with Crippen molar-refractivity contribution in [3.8, 4) is 0 Å². The Bertz CT molecular complexity index is 94.6. The fourth-order valence-electron chi connectivity index (χ4n) is 0.285. The number of carbonyl (C=O) groups is 1. The Hall–Kier alpha value is 0.230. The van der Waals surface area contributed by atoms with E-state index in [0.717, 1.165) is 0 Å². The standard InChI is InChI=1S/C4H6Br2NO2/c5-1-3(2-6)7-4(8)9/h3,7H,1-2H2. The van der Waals surface area contributed by atoms with Crippen LogP contribution in [0.25, 0.3) is 0 Å². The van der Waals surface area contributed by atoms with Crippen LogP contribution in [0.4, 0.5) is 4.79 Å². The van der Waals surface area contributed by atoms with Gasteiger partial charge in [0.2, 0.25) is 0 Å². The molecule has 0 fully saturated rings. The van der Waals surface area contributed by atoms with Crippen LogP contribution in [0.5, 0.6) is 0 Å². The fourth-order valence-corrected chi connectivity index (χ4v) is 1.68. The van der Waals surface area contributed by atoms with Crippen LogP contribution in [-0.4, -0.2) is 22.8 Å². The minimum atomic E-state index is -1.24. The minimum absolute atomic E-state index is 0.102. The maximum atomic E-state index is 9.86. The van der Waals surface area contributed by atoms with E-state index >= 15 is 0 Å². The van der Waals surface area contributed by atoms with Crippen molar-refractivity contribution in [2.24, 2.45) is 0 Å². The number of amides is 1. The zero-order valence-electron chi connectivity index (χ0n) is 4.56. The second-order valence-electron chi connectivity index (χ2n) is 1.44. The number of alkyl halides is 2. The molecule has 0 spiro atoms. The van der Waals surface area contributed by atoms with E-state index in [1.54, 1.807) is 0 Å². The van der Waals surface area contributed by atoms with Gasteiger partial charge in [0, 0.05) is 10.7 Å². The maximum absolute atomic E-state index is 9.86. The highest BCUT2D eigenvalue weighted by Crippen LogP contribution is 1.94. The average Bonchev–Trinajstić information content (AvgIpc) is 1.82. The quantitative estimate of drug-likeness (QED) is 0.763. The molecule has 9 heavy (non-hydrogen) atoms. The van der Waals surface area contributed by atoms with Gasteiger partial charge in [-0.2, -0.15) is 0 Å². The first kappa shape index (κ1) is 9.23. The number of hydrogen-bond donors (Lipinski definition) is 1. The summed E-state index contributed by atoms with van der Waals surface area (Å²) in [6.07, 6.45) is -1.24. The molecule has 0 aliphatic carbocycles. The van der Waals surface area contributed by atoms with E-state index in [-0.39, 0.29) is 6.04 Å². The Labute approximate surface area is 70.1 Å². The number of carbonyl (C=O) groups excluding carboxylic acids is 1. The van der Waals surface area contributed by atoms with Crippen LogP contribution in [0.1, 0.15) is 0 Å². The second-order valence-corrected chi connectivity index (χ2v) is 2.73. The molecule has 0 aliphatic rings. The molecule has 0 aromatic carbocycles. The van der Waals surface area contributed by atoms with Crippen molar-refractivity contribution in [1.29, 1.82) is 0 Å². The average molecular weight is 260 g/mol. The highest BCUT2D eigenvalue weighted by Gasteiger charge is 2.07. The molecule has 0 heterocycles. The summed E-state index contributed by atoms with van der Waals surface area (Å²) in [6, 6.07) is -0.102. The van der Waals surface area contributed by atoms with E-state index in [1.165, 1.54) is 0 Å². The van der Waals surface area contributed by atoms with Crippen molar-refractivity contribution in [2.45, 2.75) is 6.04 Å². The van der Waals surface area contributed by atoms with Crippen molar-refractivity contribution in [3.05, 3.63) is 0 Å². The molecule has 0 saturated carbocycles. The Kier molecular flexibility index (Phi) is 5.18. The van der Waals surface area contributed by atoms with Crippen LogP contribution in [0, 0.1) is 0 Å². The first-order valence-electron chi connectivity index (χ1n) is 2.30. The van der Waals surface area contributed by atoms with Crippen LogP contribution in [0.15, 0.2) is 0 Å². The summed E-state index contributed by atoms with van der Waals surface area (Å²) < 4.78 is 0. The van der Waals surface area contributed by atoms with E-state index in [9.17, 15) is 9.90 Å². The lowest BCUT2D eigenvalue weighted by Gasteiger charge is -2.07. The summed E-state index contributed by atoms with van der Waals surface area (Å²) in [6.45, 7) is 0. The predicted octanol–water partition coefficient (Wildman–Crippen LogP) is 1.28. The molecule has 1 radical (unpaired) electrons. The normalized spacial score (nSPS) is 9.67. The SMILES string of the molecule is [O]C(=O)NC(CBr)CBr. The van der Waals surface area contributed by atoms with E-state index in [2.05, 4.69) is 37.2 Å². The lowest BCUT2D eigenvalue weighted by atomic mass is 10.4. The van der Waals surface area contributed by atoms with Gasteiger partial charge in [-0.1, -0.05) is 31.9 Å². The van der Waals surface area contributed by atoms with Crippen LogP contribution in [0.3, 0.4) is 0 Å². The first-order chi connectivity index (χ1) is 4.20. The largest absolute Gasteiger partial charge is 0.450 e. The Morgan fingerprint density at radius 3 is 2.00 bits per heavy atom. The summed E-state index contributed by atoms with van der Waals surface area (Å²) in [4.78, 5) is 9.86. The number of halogens is 2. The van der Waals surface area contributed by atoms with Gasteiger partial charge in [0.1, 0.15) is 0 Å². The van der Waals surface area contributed by atoms with E-state index in [0.29, 0.717) is 10.7 Å². The molecule has 0 unspecified atom stereocenters. The molecular weight excluding hydrogens is 254 g/mol. The molecule has 0 bridgehead atoms. The topological polar surface area (TPSA) is 49.0 Å². The van der Waals surface area contributed by atoms with Gasteiger partial charge in [0.15, 0.2) is 0 Å². The predicted molar refractivity (Wildman–Crippen MR) is 40.6 cm³/mol. The van der Waals surface area contributed by atoms with E-state index in [1.807, 2.05) is 0 Å².